The Morgan fingerprint density at radius 1 is 1.20 bits per heavy atom. The van der Waals surface area contributed by atoms with E-state index in [1.54, 1.807) is 6.07 Å². The van der Waals surface area contributed by atoms with E-state index in [2.05, 4.69) is 39.2 Å². The van der Waals surface area contributed by atoms with Crippen molar-refractivity contribution >= 4 is 8.32 Å². The predicted molar refractivity (Wildman–Crippen MR) is 97.0 cm³/mol. The summed E-state index contributed by atoms with van der Waals surface area (Å²) in [5.41, 5.74) is -0.104. The number of hydrogen-bond acceptors (Lipinski definition) is 3. The molecule has 1 atom stereocenters. The minimum Gasteiger partial charge on any atom is -0.417 e. The van der Waals surface area contributed by atoms with Crippen molar-refractivity contribution in [1.29, 1.82) is 0 Å². The van der Waals surface area contributed by atoms with Crippen LogP contribution in [0.5, 0.6) is 0 Å². The zero-order chi connectivity index (χ0) is 19.3. The molecule has 0 aliphatic carbocycles. The molecule has 2 N–H and O–H groups in total. The Bertz CT molecular complexity index is 542. The highest BCUT2D eigenvalue weighted by molar-refractivity contribution is 6.74. The Balaban J connectivity index is 2.85. The second kappa shape index (κ2) is 8.66. The van der Waals surface area contributed by atoms with E-state index in [1.165, 1.54) is 12.1 Å². The van der Waals surface area contributed by atoms with Gasteiger partial charge in [0.15, 0.2) is 8.32 Å². The van der Waals surface area contributed by atoms with Crippen molar-refractivity contribution in [1.82, 2.24) is 5.32 Å². The average molecular weight is 378 g/mol. The van der Waals surface area contributed by atoms with E-state index in [0.29, 0.717) is 25.1 Å². The van der Waals surface area contributed by atoms with Gasteiger partial charge in [0.25, 0.3) is 0 Å². The number of hydrogen-bond donors (Lipinski definition) is 2. The molecule has 3 nitrogen and oxygen atoms in total. The number of nitrogens with one attached hydrogen (secondary N) is 1. The summed E-state index contributed by atoms with van der Waals surface area (Å²) in [6, 6.07) is 5.04. The third kappa shape index (κ3) is 6.73. The summed E-state index contributed by atoms with van der Waals surface area (Å²) in [7, 11) is -1.90. The van der Waals surface area contributed by atoms with Gasteiger partial charge in [0, 0.05) is 19.2 Å². The van der Waals surface area contributed by atoms with Gasteiger partial charge in [-0.1, -0.05) is 32.9 Å². The highest BCUT2D eigenvalue weighted by atomic mass is 28.4. The van der Waals surface area contributed by atoms with E-state index in [9.17, 15) is 13.2 Å². The van der Waals surface area contributed by atoms with Gasteiger partial charge in [0.2, 0.25) is 0 Å². The molecule has 1 unspecified atom stereocenters. The van der Waals surface area contributed by atoms with E-state index < -0.39 is 20.1 Å². The zero-order valence-electron chi connectivity index (χ0n) is 15.7. The van der Waals surface area contributed by atoms with E-state index >= 15 is 0 Å². The number of benzene rings is 1. The van der Waals surface area contributed by atoms with Crippen molar-refractivity contribution in [2.24, 2.45) is 0 Å². The molecule has 0 saturated carbocycles. The molecule has 144 valence electrons. The molecule has 1 aromatic carbocycles. The summed E-state index contributed by atoms with van der Waals surface area (Å²) in [5.74, 6) is 0. The van der Waals surface area contributed by atoms with E-state index in [1.807, 2.05) is 0 Å². The maximum absolute atomic E-state index is 12.9. The summed E-state index contributed by atoms with van der Waals surface area (Å²) >= 11 is 0. The summed E-state index contributed by atoms with van der Waals surface area (Å²) < 4.78 is 45.0. The van der Waals surface area contributed by atoms with Gasteiger partial charge in [-0.2, -0.15) is 13.2 Å². The SMILES string of the molecule is CC(C)(C)[Si](C)(C)OCCC(NCCO)c1cccc(C(F)(F)F)c1. The van der Waals surface area contributed by atoms with Crippen molar-refractivity contribution in [3.63, 3.8) is 0 Å². The molecule has 1 rings (SSSR count). The zero-order valence-corrected chi connectivity index (χ0v) is 16.7. The van der Waals surface area contributed by atoms with Gasteiger partial charge >= 0.3 is 6.18 Å². The first-order valence-corrected chi connectivity index (χ1v) is 11.4. The van der Waals surface area contributed by atoms with E-state index in [-0.39, 0.29) is 17.7 Å². The van der Waals surface area contributed by atoms with E-state index in [4.69, 9.17) is 9.53 Å². The molecular formula is C18H30F3NO2Si. The Morgan fingerprint density at radius 2 is 1.84 bits per heavy atom. The Morgan fingerprint density at radius 3 is 2.36 bits per heavy atom. The van der Waals surface area contributed by atoms with E-state index in [0.717, 1.165) is 6.07 Å². The molecule has 0 radical (unpaired) electrons. The lowest BCUT2D eigenvalue weighted by atomic mass is 10.0. The minimum absolute atomic E-state index is 0.0709. The third-order valence-corrected chi connectivity index (χ3v) is 9.33. The molecule has 0 aliphatic heterocycles. The van der Waals surface area contributed by atoms with Crippen LogP contribution in [0.1, 0.15) is 44.4 Å². The van der Waals surface area contributed by atoms with Crippen LogP contribution >= 0.6 is 0 Å². The maximum atomic E-state index is 12.9. The third-order valence-electron chi connectivity index (χ3n) is 4.79. The smallest absolute Gasteiger partial charge is 0.416 e. The van der Waals surface area contributed by atoms with Crippen LogP contribution in [0.15, 0.2) is 24.3 Å². The predicted octanol–water partition coefficient (Wildman–Crippen LogP) is 4.74. The lowest BCUT2D eigenvalue weighted by molar-refractivity contribution is -0.137. The van der Waals surface area contributed by atoms with Crippen LogP contribution in [0.4, 0.5) is 13.2 Å². The molecule has 0 aliphatic rings. The van der Waals surface area contributed by atoms with Crippen LogP contribution in [0.25, 0.3) is 0 Å². The first kappa shape index (κ1) is 22.1. The molecule has 0 bridgehead atoms. The van der Waals surface area contributed by atoms with Crippen LogP contribution in [0.2, 0.25) is 18.1 Å². The van der Waals surface area contributed by atoms with Crippen LogP contribution in [-0.4, -0.2) is 33.2 Å². The number of aliphatic hydroxyl groups is 1. The molecule has 0 aromatic heterocycles. The van der Waals surface area contributed by atoms with Crippen LogP contribution in [-0.2, 0) is 10.6 Å². The van der Waals surface area contributed by atoms with Crippen molar-refractivity contribution in [2.45, 2.75) is 57.5 Å². The highest BCUT2D eigenvalue weighted by Gasteiger charge is 2.37. The monoisotopic (exact) mass is 377 g/mol. The average Bonchev–Trinajstić information content (AvgIpc) is 2.48. The minimum atomic E-state index is -4.37. The number of alkyl halides is 3. The van der Waals surface area contributed by atoms with Gasteiger partial charge < -0.3 is 14.8 Å². The van der Waals surface area contributed by atoms with Gasteiger partial charge in [-0.15, -0.1) is 0 Å². The molecule has 1 aromatic rings. The fourth-order valence-corrected chi connectivity index (χ4v) is 3.27. The number of halogens is 3. The molecular weight excluding hydrogens is 347 g/mol. The number of rotatable bonds is 8. The number of aliphatic hydroxyl groups excluding tert-OH is 1. The molecule has 0 amide bonds. The van der Waals surface area contributed by atoms with Crippen molar-refractivity contribution in [3.05, 3.63) is 35.4 Å². The standard InChI is InChI=1S/C18H30F3NO2Si/c1-17(2,3)25(4,5)24-12-9-16(22-10-11-23)14-7-6-8-15(13-14)18(19,20)21/h6-8,13,16,22-23H,9-12H2,1-5H3. The van der Waals surface area contributed by atoms with Gasteiger partial charge in [0.05, 0.1) is 12.2 Å². The van der Waals surface area contributed by atoms with Crippen LogP contribution < -0.4 is 5.32 Å². The van der Waals surface area contributed by atoms with Gasteiger partial charge in [-0.3, -0.25) is 0 Å². The summed E-state index contributed by atoms with van der Waals surface area (Å²) in [6.45, 7) is 11.4. The summed E-state index contributed by atoms with van der Waals surface area (Å²) in [4.78, 5) is 0. The van der Waals surface area contributed by atoms with Gasteiger partial charge in [0.1, 0.15) is 0 Å². The highest BCUT2D eigenvalue weighted by Crippen LogP contribution is 2.37. The normalized spacial score (nSPS) is 14.6. The lowest BCUT2D eigenvalue weighted by Gasteiger charge is -2.36. The van der Waals surface area contributed by atoms with Crippen molar-refractivity contribution in [2.75, 3.05) is 19.8 Å². The largest absolute Gasteiger partial charge is 0.417 e. The first-order valence-electron chi connectivity index (χ1n) is 8.54. The summed E-state index contributed by atoms with van der Waals surface area (Å²) in [5, 5.41) is 12.2. The lowest BCUT2D eigenvalue weighted by Crippen LogP contribution is -2.41. The van der Waals surface area contributed by atoms with Crippen molar-refractivity contribution < 1.29 is 22.7 Å². The maximum Gasteiger partial charge on any atom is 0.416 e. The summed E-state index contributed by atoms with van der Waals surface area (Å²) in [6.07, 6.45) is -3.82. The van der Waals surface area contributed by atoms with Crippen LogP contribution in [0.3, 0.4) is 0 Å². The second-order valence-electron chi connectivity index (χ2n) is 7.75. The Hall–Kier alpha value is -0.893. The molecule has 0 heterocycles. The fraction of sp³-hybridized carbons (Fsp3) is 0.667. The molecule has 7 heteroatoms. The topological polar surface area (TPSA) is 41.5 Å². The quantitative estimate of drug-likeness (QED) is 0.643. The van der Waals surface area contributed by atoms with Crippen molar-refractivity contribution in [3.8, 4) is 0 Å². The fourth-order valence-electron chi connectivity index (χ4n) is 2.21. The van der Waals surface area contributed by atoms with Gasteiger partial charge in [-0.25, -0.2) is 0 Å². The van der Waals surface area contributed by atoms with Crippen LogP contribution in [0, 0.1) is 0 Å². The Kier molecular flexibility index (Phi) is 7.67. The molecule has 0 saturated heterocycles. The Labute approximate surface area is 149 Å². The van der Waals surface area contributed by atoms with Gasteiger partial charge in [-0.05, 0) is 42.2 Å². The first-order chi connectivity index (χ1) is 11.4. The molecule has 0 fully saturated rings. The second-order valence-corrected chi connectivity index (χ2v) is 12.6. The molecule has 0 spiro atoms. The molecule has 25 heavy (non-hydrogen) atoms.